The molecule has 0 aromatic carbocycles. The van der Waals surface area contributed by atoms with Crippen molar-refractivity contribution < 1.29 is 14.7 Å². The minimum atomic E-state index is -1.09. The summed E-state index contributed by atoms with van der Waals surface area (Å²) in [5, 5.41) is 9.32. The van der Waals surface area contributed by atoms with Gasteiger partial charge in [0.2, 0.25) is 0 Å². The van der Waals surface area contributed by atoms with Crippen LogP contribution in [-0.4, -0.2) is 44.9 Å². The number of likely N-dealkylation sites (N-methyl/N-ethyl adjacent to an activating group) is 1. The average molecular weight is 295 g/mol. The fourth-order valence-electron chi connectivity index (χ4n) is 1.78. The van der Waals surface area contributed by atoms with Crippen molar-refractivity contribution in [3.63, 3.8) is 0 Å². The number of thiophene rings is 1. The molecule has 2 aromatic heterocycles. The van der Waals surface area contributed by atoms with Crippen LogP contribution in [0.2, 0.25) is 0 Å². The lowest BCUT2D eigenvalue weighted by Crippen LogP contribution is -2.40. The molecular weight excluding hydrogens is 282 g/mol. The van der Waals surface area contributed by atoms with Crippen molar-refractivity contribution in [1.29, 1.82) is 0 Å². The number of fused-ring (bicyclic) bond motifs is 1. The minimum absolute atomic E-state index is 0.309. The third-order valence-electron chi connectivity index (χ3n) is 3.19. The molecule has 0 saturated carbocycles. The molecule has 0 bridgehead atoms. The maximum atomic E-state index is 12.3. The Balaban J connectivity index is 2.51. The van der Waals surface area contributed by atoms with Crippen LogP contribution in [0, 0.1) is 6.92 Å². The van der Waals surface area contributed by atoms with Crippen LogP contribution in [-0.2, 0) is 4.79 Å². The number of aliphatic carboxylic acids is 1. The van der Waals surface area contributed by atoms with E-state index in [0.29, 0.717) is 20.7 Å². The molecule has 20 heavy (non-hydrogen) atoms. The van der Waals surface area contributed by atoms with Crippen LogP contribution in [0.15, 0.2) is 11.1 Å². The SMILES string of the molecule is Cc1c(C(=O)N(C)C(C)C(=O)O)sc2nc[nH]c(=O)c12. The molecule has 2 rings (SSSR count). The smallest absolute Gasteiger partial charge is 0.326 e. The van der Waals surface area contributed by atoms with E-state index in [1.165, 1.54) is 20.3 Å². The summed E-state index contributed by atoms with van der Waals surface area (Å²) in [6.07, 6.45) is 1.28. The van der Waals surface area contributed by atoms with Crippen molar-refractivity contribution in [3.05, 3.63) is 27.1 Å². The first-order valence-corrected chi connectivity index (χ1v) is 6.63. The summed E-state index contributed by atoms with van der Waals surface area (Å²) in [7, 11) is 1.42. The summed E-state index contributed by atoms with van der Waals surface area (Å²) >= 11 is 1.09. The lowest BCUT2D eigenvalue weighted by Gasteiger charge is -2.20. The number of aromatic amines is 1. The number of nitrogens with one attached hydrogen (secondary N) is 1. The van der Waals surface area contributed by atoms with E-state index in [2.05, 4.69) is 9.97 Å². The van der Waals surface area contributed by atoms with Crippen LogP contribution < -0.4 is 5.56 Å². The lowest BCUT2D eigenvalue weighted by molar-refractivity contribution is -0.141. The predicted molar refractivity (Wildman–Crippen MR) is 74.2 cm³/mol. The highest BCUT2D eigenvalue weighted by Gasteiger charge is 2.26. The number of nitrogens with zero attached hydrogens (tertiary/aromatic N) is 2. The van der Waals surface area contributed by atoms with Gasteiger partial charge in [0.25, 0.3) is 11.5 Å². The molecule has 7 nitrogen and oxygen atoms in total. The Hall–Kier alpha value is -2.22. The van der Waals surface area contributed by atoms with Crippen molar-refractivity contribution in [2.45, 2.75) is 19.9 Å². The number of aromatic nitrogens is 2. The predicted octanol–water partition coefficient (Wildman–Crippen LogP) is 0.838. The van der Waals surface area contributed by atoms with E-state index >= 15 is 0 Å². The summed E-state index contributed by atoms with van der Waals surface area (Å²) in [6.45, 7) is 3.08. The van der Waals surface area contributed by atoms with Crippen molar-refractivity contribution in [2.75, 3.05) is 7.05 Å². The van der Waals surface area contributed by atoms with Gasteiger partial charge in [0.15, 0.2) is 0 Å². The zero-order valence-corrected chi connectivity index (χ0v) is 11.9. The standard InChI is InChI=1S/C12H13N3O4S/c1-5-7-9(16)13-4-14-10(7)20-8(5)11(17)15(3)6(2)12(18)19/h4,6H,1-3H3,(H,18,19)(H,13,14,16). The Morgan fingerprint density at radius 1 is 1.50 bits per heavy atom. The molecule has 1 amide bonds. The second-order valence-electron chi connectivity index (χ2n) is 4.40. The number of amides is 1. The molecule has 0 fully saturated rings. The quantitative estimate of drug-likeness (QED) is 0.873. The van der Waals surface area contributed by atoms with Gasteiger partial charge in [0, 0.05) is 7.05 Å². The maximum Gasteiger partial charge on any atom is 0.326 e. The van der Waals surface area contributed by atoms with Gasteiger partial charge in [-0.2, -0.15) is 0 Å². The molecule has 0 saturated heterocycles. The first kappa shape index (κ1) is 14.2. The van der Waals surface area contributed by atoms with Gasteiger partial charge in [-0.1, -0.05) is 0 Å². The molecular formula is C12H13N3O4S. The number of carbonyl (C=O) groups is 2. The first-order chi connectivity index (χ1) is 9.34. The topological polar surface area (TPSA) is 103 Å². The molecule has 1 atom stereocenters. The van der Waals surface area contributed by atoms with Crippen LogP contribution in [0.1, 0.15) is 22.2 Å². The molecule has 0 spiro atoms. The van der Waals surface area contributed by atoms with Crippen molar-refractivity contribution in [1.82, 2.24) is 14.9 Å². The summed E-state index contributed by atoms with van der Waals surface area (Å²) in [5.74, 6) is -1.52. The Morgan fingerprint density at radius 3 is 2.70 bits per heavy atom. The van der Waals surface area contributed by atoms with Gasteiger partial charge in [-0.05, 0) is 19.4 Å². The molecule has 2 heterocycles. The number of carbonyl (C=O) groups excluding carboxylic acids is 1. The van der Waals surface area contributed by atoms with Crippen LogP contribution >= 0.6 is 11.3 Å². The third kappa shape index (κ3) is 2.18. The fraction of sp³-hybridized carbons (Fsp3) is 0.333. The van der Waals surface area contributed by atoms with E-state index in [0.717, 1.165) is 16.2 Å². The minimum Gasteiger partial charge on any atom is -0.480 e. The molecule has 0 aliphatic rings. The number of rotatable bonds is 3. The molecule has 1 unspecified atom stereocenters. The second-order valence-corrected chi connectivity index (χ2v) is 5.40. The van der Waals surface area contributed by atoms with Crippen molar-refractivity contribution in [3.8, 4) is 0 Å². The molecule has 0 aliphatic carbocycles. The first-order valence-electron chi connectivity index (χ1n) is 5.81. The zero-order valence-electron chi connectivity index (χ0n) is 11.1. The Kier molecular flexibility index (Phi) is 3.58. The van der Waals surface area contributed by atoms with Gasteiger partial charge in [0.05, 0.1) is 16.6 Å². The summed E-state index contributed by atoms with van der Waals surface area (Å²) < 4.78 is 0. The zero-order chi connectivity index (χ0) is 15.0. The van der Waals surface area contributed by atoms with Crippen molar-refractivity contribution >= 4 is 33.4 Å². The van der Waals surface area contributed by atoms with E-state index in [9.17, 15) is 14.4 Å². The molecule has 0 radical (unpaired) electrons. The van der Waals surface area contributed by atoms with Crippen LogP contribution in [0.4, 0.5) is 0 Å². The second kappa shape index (κ2) is 5.04. The van der Waals surface area contributed by atoms with Crippen LogP contribution in [0.5, 0.6) is 0 Å². The van der Waals surface area contributed by atoms with Gasteiger partial charge < -0.3 is 15.0 Å². The van der Waals surface area contributed by atoms with Crippen LogP contribution in [0.3, 0.4) is 0 Å². The number of H-pyrrole nitrogens is 1. The number of carboxylic acids is 1. The van der Waals surface area contributed by atoms with Gasteiger partial charge in [-0.15, -0.1) is 11.3 Å². The largest absolute Gasteiger partial charge is 0.480 e. The van der Waals surface area contributed by atoms with Gasteiger partial charge in [0.1, 0.15) is 10.9 Å². The van der Waals surface area contributed by atoms with Gasteiger partial charge >= 0.3 is 5.97 Å². The highest BCUT2D eigenvalue weighted by molar-refractivity contribution is 7.20. The van der Waals surface area contributed by atoms with Gasteiger partial charge in [-0.25, -0.2) is 9.78 Å². The van der Waals surface area contributed by atoms with E-state index in [4.69, 9.17) is 5.11 Å². The lowest BCUT2D eigenvalue weighted by atomic mass is 10.2. The fourth-order valence-corrected chi connectivity index (χ4v) is 2.92. The van der Waals surface area contributed by atoms with E-state index < -0.39 is 17.9 Å². The van der Waals surface area contributed by atoms with Gasteiger partial charge in [-0.3, -0.25) is 9.59 Å². The normalized spacial score (nSPS) is 12.3. The van der Waals surface area contributed by atoms with E-state index in [1.54, 1.807) is 6.92 Å². The number of hydrogen-bond donors (Lipinski definition) is 2. The Morgan fingerprint density at radius 2 is 2.15 bits per heavy atom. The van der Waals surface area contributed by atoms with E-state index in [-0.39, 0.29) is 5.56 Å². The highest BCUT2D eigenvalue weighted by atomic mass is 32.1. The summed E-state index contributed by atoms with van der Waals surface area (Å²) in [4.78, 5) is 43.4. The Bertz CT molecular complexity index is 749. The molecule has 0 aliphatic heterocycles. The monoisotopic (exact) mass is 295 g/mol. The maximum absolute atomic E-state index is 12.3. The number of aryl methyl sites for hydroxylation is 1. The van der Waals surface area contributed by atoms with E-state index in [1.807, 2.05) is 0 Å². The summed E-state index contributed by atoms with van der Waals surface area (Å²) in [5.41, 5.74) is 0.213. The molecule has 8 heteroatoms. The summed E-state index contributed by atoms with van der Waals surface area (Å²) in [6, 6.07) is -0.946. The van der Waals surface area contributed by atoms with Crippen molar-refractivity contribution in [2.24, 2.45) is 0 Å². The highest BCUT2D eigenvalue weighted by Crippen LogP contribution is 2.27. The number of hydrogen-bond acceptors (Lipinski definition) is 5. The average Bonchev–Trinajstić information content (AvgIpc) is 2.74. The molecule has 2 aromatic rings. The molecule has 2 N–H and O–H groups in total. The van der Waals surface area contributed by atoms with Crippen LogP contribution in [0.25, 0.3) is 10.2 Å². The molecule has 106 valence electrons. The number of carboxylic acid groups (broad SMARTS) is 1. The third-order valence-corrected chi connectivity index (χ3v) is 4.37. The Labute approximate surface area is 117 Å².